The number of benzene rings is 2. The van der Waals surface area contributed by atoms with Crippen molar-refractivity contribution in [3.63, 3.8) is 0 Å². The summed E-state index contributed by atoms with van der Waals surface area (Å²) in [7, 11) is 0. The van der Waals surface area contributed by atoms with Crippen molar-refractivity contribution in [1.82, 2.24) is 9.58 Å². The molecule has 0 radical (unpaired) electrons. The number of hydrogen-bond donors (Lipinski definition) is 1. The van der Waals surface area contributed by atoms with Crippen LogP contribution in [0.15, 0.2) is 64.3 Å². The summed E-state index contributed by atoms with van der Waals surface area (Å²) in [6.45, 7) is 3.05. The number of para-hydroxylation sites is 1. The summed E-state index contributed by atoms with van der Waals surface area (Å²) in [4.78, 5) is 17.3. The number of aryl methyl sites for hydroxylation is 1. The molecule has 2 aliphatic heterocycles. The van der Waals surface area contributed by atoms with E-state index < -0.39 is 5.91 Å². The molecular formula is C29H28ClN5O2S. The van der Waals surface area contributed by atoms with Gasteiger partial charge in [-0.1, -0.05) is 49.1 Å². The minimum Gasteiger partial charge on any atom is -0.492 e. The van der Waals surface area contributed by atoms with Crippen molar-refractivity contribution in [3.05, 3.63) is 70.4 Å². The molecule has 0 bridgehead atoms. The van der Waals surface area contributed by atoms with Crippen molar-refractivity contribution in [3.8, 4) is 5.75 Å². The van der Waals surface area contributed by atoms with Crippen LogP contribution in [0.5, 0.6) is 5.75 Å². The number of amides is 1. The van der Waals surface area contributed by atoms with Gasteiger partial charge in [0.2, 0.25) is 5.17 Å². The molecule has 2 aromatic carbocycles. The number of amidine groups is 2. The SMILES string of the molecule is Cc1cc(OCCn2cc(C=C3C(=N)N4N=C(C5CCCCC5)SC4=NC3=O)c3ccccc32)ccc1Cl. The van der Waals surface area contributed by atoms with Gasteiger partial charge < -0.3 is 9.30 Å². The minimum atomic E-state index is -0.396. The highest BCUT2D eigenvalue weighted by Crippen LogP contribution is 2.36. The normalized spacial score (nSPS) is 19.2. The van der Waals surface area contributed by atoms with E-state index in [-0.39, 0.29) is 11.4 Å². The highest BCUT2D eigenvalue weighted by atomic mass is 35.5. The topological polar surface area (TPSA) is 83.0 Å². The maximum atomic E-state index is 13.0. The van der Waals surface area contributed by atoms with E-state index >= 15 is 0 Å². The number of hydrazone groups is 1. The lowest BCUT2D eigenvalue weighted by Crippen LogP contribution is -2.35. The van der Waals surface area contributed by atoms with Crippen LogP contribution in [0.1, 0.15) is 43.2 Å². The first kappa shape index (κ1) is 24.9. The molecule has 1 fully saturated rings. The van der Waals surface area contributed by atoms with Gasteiger partial charge in [-0.05, 0) is 67.4 Å². The van der Waals surface area contributed by atoms with Crippen LogP contribution in [0.2, 0.25) is 5.02 Å². The van der Waals surface area contributed by atoms with Crippen molar-refractivity contribution in [2.75, 3.05) is 6.61 Å². The van der Waals surface area contributed by atoms with E-state index in [0.29, 0.717) is 29.3 Å². The van der Waals surface area contributed by atoms with Gasteiger partial charge in [0.15, 0.2) is 5.84 Å². The molecule has 1 aromatic heterocycles. The van der Waals surface area contributed by atoms with Gasteiger partial charge in [0.25, 0.3) is 5.91 Å². The summed E-state index contributed by atoms with van der Waals surface area (Å²) < 4.78 is 8.08. The predicted molar refractivity (Wildman–Crippen MR) is 155 cm³/mol. The average molecular weight is 546 g/mol. The molecule has 0 saturated heterocycles. The minimum absolute atomic E-state index is 0.0802. The number of carbonyl (C=O) groups excluding carboxylic acids is 1. The fourth-order valence-electron chi connectivity index (χ4n) is 5.22. The largest absolute Gasteiger partial charge is 0.492 e. The van der Waals surface area contributed by atoms with Gasteiger partial charge in [-0.2, -0.15) is 15.1 Å². The van der Waals surface area contributed by atoms with Crippen LogP contribution < -0.4 is 4.74 Å². The smallest absolute Gasteiger partial charge is 0.283 e. The molecule has 9 heteroatoms. The lowest BCUT2D eigenvalue weighted by Gasteiger charge is -2.20. The molecule has 0 atom stereocenters. The summed E-state index contributed by atoms with van der Waals surface area (Å²) in [5, 5.41) is 18.3. The van der Waals surface area contributed by atoms with Gasteiger partial charge in [-0.25, -0.2) is 0 Å². The molecule has 38 heavy (non-hydrogen) atoms. The number of halogens is 1. The van der Waals surface area contributed by atoms with Gasteiger partial charge in [-0.3, -0.25) is 10.2 Å². The number of nitrogens with zero attached hydrogens (tertiary/aromatic N) is 4. The first-order valence-electron chi connectivity index (χ1n) is 12.9. The second kappa shape index (κ2) is 10.4. The first-order chi connectivity index (χ1) is 18.5. The molecular weight excluding hydrogens is 518 g/mol. The molecule has 194 valence electrons. The number of aromatic nitrogens is 1. The molecule has 3 aliphatic rings. The van der Waals surface area contributed by atoms with E-state index in [9.17, 15) is 4.79 Å². The Morgan fingerprint density at radius 2 is 2.00 bits per heavy atom. The Labute approximate surface area is 230 Å². The number of ether oxygens (including phenoxy) is 1. The lowest BCUT2D eigenvalue weighted by atomic mass is 9.90. The summed E-state index contributed by atoms with van der Waals surface area (Å²) in [5.41, 5.74) is 3.11. The zero-order chi connectivity index (χ0) is 26.2. The molecule has 1 aliphatic carbocycles. The Morgan fingerprint density at radius 3 is 2.82 bits per heavy atom. The Hall–Kier alpha value is -3.36. The van der Waals surface area contributed by atoms with Crippen molar-refractivity contribution < 1.29 is 9.53 Å². The number of fused-ring (bicyclic) bond motifs is 2. The fourth-order valence-corrected chi connectivity index (χ4v) is 6.40. The molecule has 7 nitrogen and oxygen atoms in total. The molecule has 0 spiro atoms. The second-order valence-electron chi connectivity index (χ2n) is 9.85. The third kappa shape index (κ3) is 4.78. The highest BCUT2D eigenvalue weighted by Gasteiger charge is 2.38. The summed E-state index contributed by atoms with van der Waals surface area (Å²) in [6.07, 6.45) is 9.66. The van der Waals surface area contributed by atoms with Crippen molar-refractivity contribution in [1.29, 1.82) is 5.41 Å². The quantitative estimate of drug-likeness (QED) is 0.342. The van der Waals surface area contributed by atoms with E-state index in [2.05, 4.69) is 9.56 Å². The Bertz CT molecular complexity index is 1530. The summed E-state index contributed by atoms with van der Waals surface area (Å²) in [6, 6.07) is 13.7. The molecule has 3 heterocycles. The second-order valence-corrected chi connectivity index (χ2v) is 11.2. The van der Waals surface area contributed by atoms with Gasteiger partial charge in [-0.15, -0.1) is 0 Å². The number of aliphatic imine (C=N–C) groups is 1. The standard InChI is InChI=1S/C29H28ClN5O2S/c1-18-15-21(11-12-24(18)30)37-14-13-34-17-20(22-9-5-6-10-25(22)34)16-23-26(31)35-29(32-27(23)36)38-28(33-35)19-7-3-2-4-8-19/h5-6,9-12,15-17,19,31H,2-4,7-8,13-14H2,1H3. The van der Waals surface area contributed by atoms with Crippen molar-refractivity contribution in [2.24, 2.45) is 16.0 Å². The van der Waals surface area contributed by atoms with Crippen LogP contribution in [0.4, 0.5) is 0 Å². The van der Waals surface area contributed by atoms with Crippen LogP contribution in [0.25, 0.3) is 17.0 Å². The Morgan fingerprint density at radius 1 is 1.18 bits per heavy atom. The van der Waals surface area contributed by atoms with E-state index in [1.165, 1.54) is 36.0 Å². The number of rotatable bonds is 6. The predicted octanol–water partition coefficient (Wildman–Crippen LogP) is 6.88. The van der Waals surface area contributed by atoms with Gasteiger partial charge in [0.1, 0.15) is 17.4 Å². The maximum Gasteiger partial charge on any atom is 0.283 e. The third-order valence-corrected chi connectivity index (χ3v) is 8.77. The Balaban J connectivity index is 1.25. The summed E-state index contributed by atoms with van der Waals surface area (Å²) in [5.74, 6) is 0.857. The van der Waals surface area contributed by atoms with E-state index in [1.807, 2.05) is 55.6 Å². The highest BCUT2D eigenvalue weighted by molar-refractivity contribution is 8.27. The molecule has 1 N–H and O–H groups in total. The van der Waals surface area contributed by atoms with Crippen LogP contribution in [0.3, 0.4) is 0 Å². The summed E-state index contributed by atoms with van der Waals surface area (Å²) >= 11 is 7.57. The fraction of sp³-hybridized carbons (Fsp3) is 0.310. The molecule has 0 unspecified atom stereocenters. The van der Waals surface area contributed by atoms with Crippen LogP contribution >= 0.6 is 23.4 Å². The molecule has 6 rings (SSSR count). The maximum absolute atomic E-state index is 13.0. The van der Waals surface area contributed by atoms with E-state index in [4.69, 9.17) is 26.8 Å². The Kier molecular flexibility index (Phi) is 6.84. The monoisotopic (exact) mass is 545 g/mol. The number of carbonyl (C=O) groups is 1. The average Bonchev–Trinajstić information content (AvgIpc) is 3.51. The van der Waals surface area contributed by atoms with Gasteiger partial charge in [0.05, 0.1) is 12.1 Å². The van der Waals surface area contributed by atoms with Crippen LogP contribution in [-0.2, 0) is 11.3 Å². The third-order valence-electron chi connectivity index (χ3n) is 7.27. The zero-order valence-corrected chi connectivity index (χ0v) is 22.7. The number of thioether (sulfide) groups is 1. The first-order valence-corrected chi connectivity index (χ1v) is 14.1. The van der Waals surface area contributed by atoms with Crippen LogP contribution in [0, 0.1) is 18.3 Å². The van der Waals surface area contributed by atoms with E-state index in [1.54, 1.807) is 6.08 Å². The van der Waals surface area contributed by atoms with Crippen molar-refractivity contribution in [2.45, 2.75) is 45.6 Å². The molecule has 1 amide bonds. The number of hydrogen-bond acceptors (Lipinski definition) is 5. The van der Waals surface area contributed by atoms with Gasteiger partial charge in [0, 0.05) is 33.6 Å². The van der Waals surface area contributed by atoms with Crippen LogP contribution in [-0.4, -0.2) is 38.1 Å². The number of nitrogens with one attached hydrogen (secondary N) is 1. The zero-order valence-electron chi connectivity index (χ0n) is 21.1. The molecule has 1 saturated carbocycles. The lowest BCUT2D eigenvalue weighted by molar-refractivity contribution is -0.114. The van der Waals surface area contributed by atoms with Crippen molar-refractivity contribution >= 4 is 62.3 Å². The molecule has 3 aromatic rings. The van der Waals surface area contributed by atoms with E-state index in [0.717, 1.165) is 45.7 Å². The van der Waals surface area contributed by atoms with Gasteiger partial charge >= 0.3 is 0 Å².